The van der Waals surface area contributed by atoms with Crippen molar-refractivity contribution in [3.63, 3.8) is 0 Å². The minimum Gasteiger partial charge on any atom is -0.472 e. The van der Waals surface area contributed by atoms with Gasteiger partial charge >= 0.3 is 0 Å². The van der Waals surface area contributed by atoms with Crippen LogP contribution in [-0.2, 0) is 9.47 Å². The molecule has 1 aliphatic heterocycles. The molecule has 1 aromatic rings. The van der Waals surface area contributed by atoms with E-state index in [0.717, 1.165) is 42.6 Å². The number of carbonyl (C=O) groups excluding carboxylic acids is 1. The molecule has 0 amide bonds. The van der Waals surface area contributed by atoms with Gasteiger partial charge in [-0.25, -0.2) is 0 Å². The first-order valence-electron chi connectivity index (χ1n) is 6.72. The van der Waals surface area contributed by atoms with E-state index >= 15 is 0 Å². The van der Waals surface area contributed by atoms with Gasteiger partial charge in [-0.05, 0) is 37.8 Å². The average molecular weight is 260 g/mol. The molecule has 0 saturated carbocycles. The molecule has 19 heavy (non-hydrogen) atoms. The van der Waals surface area contributed by atoms with Crippen LogP contribution in [0.2, 0.25) is 0 Å². The lowest BCUT2D eigenvalue weighted by atomic mass is 9.99. The molecule has 1 saturated heterocycles. The van der Waals surface area contributed by atoms with Gasteiger partial charge < -0.3 is 9.47 Å². The average Bonchev–Trinajstić information content (AvgIpc) is 2.46. The van der Waals surface area contributed by atoms with Gasteiger partial charge in [0.05, 0.1) is 12.9 Å². The zero-order valence-corrected chi connectivity index (χ0v) is 11.5. The minimum absolute atomic E-state index is 0.0669. The Morgan fingerprint density at radius 3 is 2.63 bits per heavy atom. The molecule has 0 bridgehead atoms. The van der Waals surface area contributed by atoms with Gasteiger partial charge in [0.2, 0.25) is 0 Å². The van der Waals surface area contributed by atoms with Crippen molar-refractivity contribution < 1.29 is 14.3 Å². The van der Waals surface area contributed by atoms with E-state index in [9.17, 15) is 4.79 Å². The molecule has 0 aliphatic carbocycles. The van der Waals surface area contributed by atoms with Crippen molar-refractivity contribution in [1.82, 2.24) is 0 Å². The molecule has 3 nitrogen and oxygen atoms in total. The second-order valence-corrected chi connectivity index (χ2v) is 4.83. The number of allylic oxidation sites excluding steroid dienone is 1. The van der Waals surface area contributed by atoms with Crippen molar-refractivity contribution in [2.45, 2.75) is 39.4 Å². The van der Waals surface area contributed by atoms with Crippen LogP contribution >= 0.6 is 0 Å². The van der Waals surface area contributed by atoms with Gasteiger partial charge in [0.15, 0.2) is 12.1 Å². The normalized spacial score (nSPS) is 20.1. The highest BCUT2D eigenvalue weighted by Crippen LogP contribution is 2.21. The molecule has 2 rings (SSSR count). The van der Waals surface area contributed by atoms with Crippen molar-refractivity contribution in [3.8, 4) is 0 Å². The Bertz CT molecular complexity index is 471. The molecule has 0 N–H and O–H groups in total. The molecule has 1 unspecified atom stereocenters. The number of ether oxygens (including phenoxy) is 2. The van der Waals surface area contributed by atoms with Crippen molar-refractivity contribution >= 4 is 11.4 Å². The molecule has 3 heteroatoms. The number of ketones is 1. The molecule has 1 aromatic carbocycles. The molecule has 0 aromatic heterocycles. The van der Waals surface area contributed by atoms with Gasteiger partial charge in [0, 0.05) is 12.0 Å². The molecule has 1 fully saturated rings. The highest BCUT2D eigenvalue weighted by atomic mass is 16.7. The second kappa shape index (κ2) is 6.53. The summed E-state index contributed by atoms with van der Waals surface area (Å²) in [5, 5.41) is 0. The lowest BCUT2D eigenvalue weighted by Crippen LogP contribution is -2.20. The van der Waals surface area contributed by atoms with Gasteiger partial charge in [-0.15, -0.1) is 0 Å². The summed E-state index contributed by atoms with van der Waals surface area (Å²) < 4.78 is 11.1. The molecular formula is C16H20O3. The van der Waals surface area contributed by atoms with Crippen molar-refractivity contribution in [1.29, 1.82) is 0 Å². The number of benzene rings is 1. The summed E-state index contributed by atoms with van der Waals surface area (Å²) in [5.41, 5.74) is 2.59. The predicted octanol–water partition coefficient (Wildman–Crippen LogP) is 3.79. The van der Waals surface area contributed by atoms with E-state index in [2.05, 4.69) is 0 Å². The smallest absolute Gasteiger partial charge is 0.198 e. The van der Waals surface area contributed by atoms with Crippen molar-refractivity contribution in [3.05, 3.63) is 41.7 Å². The van der Waals surface area contributed by atoms with Gasteiger partial charge in [-0.3, -0.25) is 4.79 Å². The number of rotatable bonds is 4. The molecule has 1 aliphatic rings. The van der Waals surface area contributed by atoms with E-state index in [-0.39, 0.29) is 12.1 Å². The number of hydrogen-bond donors (Lipinski definition) is 0. The summed E-state index contributed by atoms with van der Waals surface area (Å²) in [7, 11) is 0. The summed E-state index contributed by atoms with van der Waals surface area (Å²) in [4.78, 5) is 11.6. The first-order chi connectivity index (χ1) is 9.18. The van der Waals surface area contributed by atoms with Gasteiger partial charge in [0.25, 0.3) is 0 Å². The molecule has 0 radical (unpaired) electrons. The Balaban J connectivity index is 2.09. The van der Waals surface area contributed by atoms with Crippen LogP contribution in [0.25, 0.3) is 5.57 Å². The Labute approximate surface area is 114 Å². The van der Waals surface area contributed by atoms with E-state index in [1.54, 1.807) is 13.2 Å². The van der Waals surface area contributed by atoms with E-state index in [4.69, 9.17) is 9.47 Å². The topological polar surface area (TPSA) is 35.5 Å². The second-order valence-electron chi connectivity index (χ2n) is 4.83. The summed E-state index contributed by atoms with van der Waals surface area (Å²) >= 11 is 0. The van der Waals surface area contributed by atoms with Gasteiger partial charge in [0.1, 0.15) is 0 Å². The maximum atomic E-state index is 11.6. The maximum absolute atomic E-state index is 11.6. The standard InChI is InChI=1S/C16H20O3/c1-12(11-19-16-9-5-6-10-18-16)14-7-3-4-8-15(14)13(2)17/h3-4,7-8,11,16H,5-6,9-10H2,1-2H3/b12-11+. The van der Waals surface area contributed by atoms with Crippen LogP contribution in [0.3, 0.4) is 0 Å². The van der Waals surface area contributed by atoms with Gasteiger partial charge in [-0.2, -0.15) is 0 Å². The Morgan fingerprint density at radius 1 is 1.26 bits per heavy atom. The molecule has 0 spiro atoms. The zero-order chi connectivity index (χ0) is 13.7. The number of hydrogen-bond acceptors (Lipinski definition) is 3. The Kier molecular flexibility index (Phi) is 4.74. The van der Waals surface area contributed by atoms with Crippen LogP contribution in [0.15, 0.2) is 30.5 Å². The lowest BCUT2D eigenvalue weighted by molar-refractivity contribution is -0.129. The molecule has 1 atom stereocenters. The predicted molar refractivity (Wildman–Crippen MR) is 74.8 cm³/mol. The SMILES string of the molecule is CC(=O)c1ccccc1/C(C)=C/OC1CCCCO1. The fourth-order valence-electron chi connectivity index (χ4n) is 2.19. The number of Topliss-reactive ketones (excluding diaryl/α,β-unsaturated/α-hetero) is 1. The molecule has 102 valence electrons. The maximum Gasteiger partial charge on any atom is 0.198 e. The fraction of sp³-hybridized carbons (Fsp3) is 0.438. The summed E-state index contributed by atoms with van der Waals surface area (Å²) in [6.07, 6.45) is 4.74. The highest BCUT2D eigenvalue weighted by Gasteiger charge is 2.14. The molecule has 1 heterocycles. The van der Waals surface area contributed by atoms with E-state index in [1.165, 1.54) is 0 Å². The summed E-state index contributed by atoms with van der Waals surface area (Å²) in [6.45, 7) is 4.30. The summed E-state index contributed by atoms with van der Waals surface area (Å²) in [5.74, 6) is 0.0669. The molecular weight excluding hydrogens is 240 g/mol. The van der Waals surface area contributed by atoms with Crippen LogP contribution in [0.5, 0.6) is 0 Å². The van der Waals surface area contributed by atoms with Gasteiger partial charge in [-0.1, -0.05) is 24.3 Å². The highest BCUT2D eigenvalue weighted by molar-refractivity contribution is 5.98. The Morgan fingerprint density at radius 2 is 2.00 bits per heavy atom. The van der Waals surface area contributed by atoms with Crippen LogP contribution in [0.1, 0.15) is 49.0 Å². The third kappa shape index (κ3) is 3.67. The zero-order valence-electron chi connectivity index (χ0n) is 11.5. The van der Waals surface area contributed by atoms with Crippen LogP contribution in [0, 0.1) is 0 Å². The van der Waals surface area contributed by atoms with Crippen molar-refractivity contribution in [2.24, 2.45) is 0 Å². The minimum atomic E-state index is -0.145. The fourth-order valence-corrected chi connectivity index (χ4v) is 2.19. The Hall–Kier alpha value is -1.61. The van der Waals surface area contributed by atoms with Crippen LogP contribution in [0.4, 0.5) is 0 Å². The third-order valence-corrected chi connectivity index (χ3v) is 3.27. The third-order valence-electron chi connectivity index (χ3n) is 3.27. The van der Waals surface area contributed by atoms with Crippen LogP contribution in [-0.4, -0.2) is 18.7 Å². The van der Waals surface area contributed by atoms with E-state index in [0.29, 0.717) is 0 Å². The largest absolute Gasteiger partial charge is 0.472 e. The monoisotopic (exact) mass is 260 g/mol. The number of carbonyl (C=O) groups is 1. The first-order valence-corrected chi connectivity index (χ1v) is 6.72. The first kappa shape index (κ1) is 13.8. The van der Waals surface area contributed by atoms with Crippen LogP contribution < -0.4 is 0 Å². The van der Waals surface area contributed by atoms with Crippen molar-refractivity contribution in [2.75, 3.05) is 6.61 Å². The summed E-state index contributed by atoms with van der Waals surface area (Å²) in [6, 6.07) is 7.58. The quantitative estimate of drug-likeness (QED) is 0.610. The lowest BCUT2D eigenvalue weighted by Gasteiger charge is -2.22. The van der Waals surface area contributed by atoms with E-state index in [1.807, 2.05) is 31.2 Å². The van der Waals surface area contributed by atoms with E-state index < -0.39 is 0 Å².